The molecular formula is C18H17F3N2O4S. The summed E-state index contributed by atoms with van der Waals surface area (Å²) in [5.74, 6) is -0.978. The second-order valence-corrected chi connectivity index (χ2v) is 8.10. The van der Waals surface area contributed by atoms with Crippen LogP contribution in [-0.2, 0) is 10.0 Å². The van der Waals surface area contributed by atoms with E-state index in [-0.39, 0.29) is 10.5 Å². The molecule has 1 aliphatic rings. The van der Waals surface area contributed by atoms with E-state index in [1.807, 2.05) is 0 Å². The van der Waals surface area contributed by atoms with Crippen molar-refractivity contribution >= 4 is 21.6 Å². The minimum Gasteiger partial charge on any atom is -0.406 e. The lowest BCUT2D eigenvalue weighted by Gasteiger charge is -2.15. The average molecular weight is 414 g/mol. The van der Waals surface area contributed by atoms with Crippen molar-refractivity contribution in [2.75, 3.05) is 18.4 Å². The fraction of sp³-hybridized carbons (Fsp3) is 0.278. The van der Waals surface area contributed by atoms with Gasteiger partial charge in [0.05, 0.1) is 4.90 Å². The van der Waals surface area contributed by atoms with Crippen molar-refractivity contribution in [3.05, 3.63) is 54.1 Å². The number of alkyl halides is 3. The van der Waals surface area contributed by atoms with Crippen molar-refractivity contribution in [2.45, 2.75) is 24.1 Å². The van der Waals surface area contributed by atoms with Crippen molar-refractivity contribution in [3.63, 3.8) is 0 Å². The van der Waals surface area contributed by atoms with E-state index in [4.69, 9.17) is 0 Å². The zero-order valence-corrected chi connectivity index (χ0v) is 15.4. The van der Waals surface area contributed by atoms with Gasteiger partial charge in [-0.3, -0.25) is 4.79 Å². The number of carbonyl (C=O) groups excluding carboxylic acids is 1. The van der Waals surface area contributed by atoms with Crippen LogP contribution in [0.3, 0.4) is 0 Å². The van der Waals surface area contributed by atoms with Gasteiger partial charge in [0.2, 0.25) is 10.0 Å². The molecule has 6 nitrogen and oxygen atoms in total. The lowest BCUT2D eigenvalue weighted by molar-refractivity contribution is -0.274. The lowest BCUT2D eigenvalue weighted by atomic mass is 10.2. The van der Waals surface area contributed by atoms with Gasteiger partial charge in [0.25, 0.3) is 5.91 Å². The molecule has 1 saturated heterocycles. The number of carbonyl (C=O) groups is 1. The number of rotatable bonds is 5. The van der Waals surface area contributed by atoms with Gasteiger partial charge < -0.3 is 10.1 Å². The first-order valence-electron chi connectivity index (χ1n) is 8.42. The van der Waals surface area contributed by atoms with E-state index in [0.717, 1.165) is 25.0 Å². The van der Waals surface area contributed by atoms with Gasteiger partial charge in [-0.05, 0) is 61.4 Å². The predicted molar refractivity (Wildman–Crippen MR) is 95.5 cm³/mol. The standard InChI is InChI=1S/C18H17F3N2O4S/c19-18(20,21)27-15-7-3-13(4-8-15)17(24)22-14-5-9-16(10-6-14)28(25,26)23-11-1-2-12-23/h3-10H,1-2,11-12H2,(H,22,24). The summed E-state index contributed by atoms with van der Waals surface area (Å²) >= 11 is 0. The number of halogens is 3. The Hall–Kier alpha value is -2.59. The maximum Gasteiger partial charge on any atom is 0.573 e. The molecule has 1 fully saturated rings. The molecule has 0 bridgehead atoms. The Bertz CT molecular complexity index is 936. The second kappa shape index (κ2) is 7.80. The van der Waals surface area contributed by atoms with Gasteiger partial charge in [-0.2, -0.15) is 4.31 Å². The molecule has 0 radical (unpaired) electrons. The van der Waals surface area contributed by atoms with Crippen LogP contribution < -0.4 is 10.1 Å². The Morgan fingerprint density at radius 2 is 1.54 bits per heavy atom. The SMILES string of the molecule is O=C(Nc1ccc(S(=O)(=O)N2CCCC2)cc1)c1ccc(OC(F)(F)F)cc1. The number of anilines is 1. The van der Waals surface area contributed by atoms with Crippen LogP contribution in [0, 0.1) is 0 Å². The Balaban J connectivity index is 1.66. The first kappa shape index (κ1) is 20.2. The van der Waals surface area contributed by atoms with Crippen LogP contribution in [0.4, 0.5) is 18.9 Å². The average Bonchev–Trinajstić information content (AvgIpc) is 3.17. The maximum absolute atomic E-state index is 12.5. The van der Waals surface area contributed by atoms with Crippen LogP contribution in [0.25, 0.3) is 0 Å². The molecule has 150 valence electrons. The van der Waals surface area contributed by atoms with Crippen molar-refractivity contribution in [1.82, 2.24) is 4.31 Å². The van der Waals surface area contributed by atoms with E-state index in [0.29, 0.717) is 18.8 Å². The topological polar surface area (TPSA) is 75.7 Å². The summed E-state index contributed by atoms with van der Waals surface area (Å²) in [6, 6.07) is 10.2. The van der Waals surface area contributed by atoms with E-state index in [2.05, 4.69) is 10.1 Å². The Kier molecular flexibility index (Phi) is 5.61. The first-order valence-corrected chi connectivity index (χ1v) is 9.86. The molecule has 10 heteroatoms. The summed E-state index contributed by atoms with van der Waals surface area (Å²) < 4.78 is 66.6. The Morgan fingerprint density at radius 1 is 0.964 bits per heavy atom. The lowest BCUT2D eigenvalue weighted by Crippen LogP contribution is -2.27. The largest absolute Gasteiger partial charge is 0.573 e. The number of benzene rings is 2. The fourth-order valence-corrected chi connectivity index (χ4v) is 4.32. The molecule has 0 aromatic heterocycles. The van der Waals surface area contributed by atoms with Crippen LogP contribution in [0.5, 0.6) is 5.75 Å². The predicted octanol–water partition coefficient (Wildman–Crippen LogP) is 3.62. The molecule has 1 amide bonds. The maximum atomic E-state index is 12.5. The van der Waals surface area contributed by atoms with Crippen LogP contribution in [0.15, 0.2) is 53.4 Å². The van der Waals surface area contributed by atoms with E-state index in [1.165, 1.54) is 40.7 Å². The zero-order chi connectivity index (χ0) is 20.4. The number of amides is 1. The summed E-state index contributed by atoms with van der Waals surface area (Å²) in [5, 5.41) is 2.56. The first-order chi connectivity index (χ1) is 13.1. The second-order valence-electron chi connectivity index (χ2n) is 6.16. The monoisotopic (exact) mass is 414 g/mol. The third kappa shape index (κ3) is 4.82. The molecule has 0 aliphatic carbocycles. The smallest absolute Gasteiger partial charge is 0.406 e. The van der Waals surface area contributed by atoms with Gasteiger partial charge in [0.15, 0.2) is 0 Å². The quantitative estimate of drug-likeness (QED) is 0.811. The molecule has 2 aromatic rings. The molecule has 0 spiro atoms. The number of nitrogens with one attached hydrogen (secondary N) is 1. The zero-order valence-electron chi connectivity index (χ0n) is 14.6. The summed E-state index contributed by atoms with van der Waals surface area (Å²) in [6.45, 7) is 0.990. The molecule has 1 heterocycles. The fourth-order valence-electron chi connectivity index (χ4n) is 2.80. The van der Waals surface area contributed by atoms with Crippen molar-refractivity contribution in [2.24, 2.45) is 0 Å². The van der Waals surface area contributed by atoms with Gasteiger partial charge in [-0.25, -0.2) is 8.42 Å². The van der Waals surface area contributed by atoms with Gasteiger partial charge >= 0.3 is 6.36 Å². The van der Waals surface area contributed by atoms with Crippen LogP contribution in [0.2, 0.25) is 0 Å². The number of hydrogen-bond acceptors (Lipinski definition) is 4. The molecule has 28 heavy (non-hydrogen) atoms. The highest BCUT2D eigenvalue weighted by atomic mass is 32.2. The normalized spacial score (nSPS) is 15.4. The molecule has 0 atom stereocenters. The number of sulfonamides is 1. The van der Waals surface area contributed by atoms with Gasteiger partial charge in [-0.1, -0.05) is 0 Å². The van der Waals surface area contributed by atoms with E-state index < -0.39 is 28.0 Å². The third-order valence-electron chi connectivity index (χ3n) is 4.17. The Morgan fingerprint density at radius 3 is 2.07 bits per heavy atom. The minimum absolute atomic E-state index is 0.128. The Labute approximate surface area is 160 Å². The number of nitrogens with zero attached hydrogens (tertiary/aromatic N) is 1. The van der Waals surface area contributed by atoms with E-state index in [9.17, 15) is 26.4 Å². The molecule has 0 saturated carbocycles. The summed E-state index contributed by atoms with van der Waals surface area (Å²) in [7, 11) is -3.54. The summed E-state index contributed by atoms with van der Waals surface area (Å²) in [6.07, 6.45) is -3.14. The van der Waals surface area contributed by atoms with Crippen molar-refractivity contribution in [3.8, 4) is 5.75 Å². The van der Waals surface area contributed by atoms with E-state index in [1.54, 1.807) is 0 Å². The van der Waals surface area contributed by atoms with Crippen LogP contribution in [0.1, 0.15) is 23.2 Å². The van der Waals surface area contributed by atoms with Crippen molar-refractivity contribution in [1.29, 1.82) is 0 Å². The van der Waals surface area contributed by atoms with Crippen molar-refractivity contribution < 1.29 is 31.1 Å². The third-order valence-corrected chi connectivity index (χ3v) is 6.08. The summed E-state index contributed by atoms with van der Waals surface area (Å²) in [5.41, 5.74) is 0.490. The molecule has 3 rings (SSSR count). The molecule has 0 unspecified atom stereocenters. The highest BCUT2D eigenvalue weighted by Crippen LogP contribution is 2.24. The number of hydrogen-bond donors (Lipinski definition) is 1. The highest BCUT2D eigenvalue weighted by molar-refractivity contribution is 7.89. The van der Waals surface area contributed by atoms with Gasteiger partial charge in [-0.15, -0.1) is 13.2 Å². The minimum atomic E-state index is -4.80. The van der Waals surface area contributed by atoms with E-state index >= 15 is 0 Å². The number of ether oxygens (including phenoxy) is 1. The molecule has 1 N–H and O–H groups in total. The van der Waals surface area contributed by atoms with Gasteiger partial charge in [0.1, 0.15) is 5.75 Å². The van der Waals surface area contributed by atoms with Crippen LogP contribution >= 0.6 is 0 Å². The summed E-state index contributed by atoms with van der Waals surface area (Å²) in [4.78, 5) is 12.3. The molecule has 2 aromatic carbocycles. The molecular weight excluding hydrogens is 397 g/mol. The highest BCUT2D eigenvalue weighted by Gasteiger charge is 2.31. The van der Waals surface area contributed by atoms with Crippen LogP contribution in [-0.4, -0.2) is 38.1 Å². The van der Waals surface area contributed by atoms with Gasteiger partial charge in [0, 0.05) is 24.3 Å². The molecule has 1 aliphatic heterocycles.